The first-order valence-corrected chi connectivity index (χ1v) is 5.04. The summed E-state index contributed by atoms with van der Waals surface area (Å²) in [6.45, 7) is 0. The van der Waals surface area contributed by atoms with E-state index in [0.29, 0.717) is 0 Å². The van der Waals surface area contributed by atoms with E-state index in [2.05, 4.69) is 31.9 Å². The van der Waals surface area contributed by atoms with Gasteiger partial charge in [0.25, 0.3) is 0 Å². The summed E-state index contributed by atoms with van der Waals surface area (Å²) in [4.78, 5) is 0. The average Bonchev–Trinajstić information content (AvgIpc) is 2.31. The Kier molecular flexibility index (Phi) is 3.49. The minimum absolute atomic E-state index is 0.817. The van der Waals surface area contributed by atoms with Crippen LogP contribution in [0.5, 0.6) is 0 Å². The van der Waals surface area contributed by atoms with Crippen molar-refractivity contribution in [1.82, 2.24) is 0 Å². The molecule has 1 nitrogen and oxygen atoms in total. The van der Waals surface area contributed by atoms with Gasteiger partial charge in [-0.05, 0) is 34.5 Å². The second kappa shape index (κ2) is 4.19. The number of furan rings is 1. The lowest BCUT2D eigenvalue weighted by molar-refractivity contribution is 0.486. The largest absolute Gasteiger partial charge is 0.454 e. The quantitative estimate of drug-likeness (QED) is 0.766. The smallest absolute Gasteiger partial charge is 0.169 e. The molecular weight excluding hydrogens is 260 g/mol. The van der Waals surface area contributed by atoms with E-state index in [4.69, 9.17) is 4.42 Å². The maximum Gasteiger partial charge on any atom is 0.169 e. The Morgan fingerprint density at radius 1 is 1.40 bits per heavy atom. The van der Waals surface area contributed by atoms with E-state index < -0.39 is 0 Å². The van der Waals surface area contributed by atoms with Crippen molar-refractivity contribution in [3.8, 4) is 0 Å². The molecule has 0 aliphatic heterocycles. The predicted molar refractivity (Wildman–Crippen MR) is 48.5 cm³/mol. The molecule has 1 heterocycles. The van der Waals surface area contributed by atoms with Crippen LogP contribution in [0.25, 0.3) is 0 Å². The summed E-state index contributed by atoms with van der Waals surface area (Å²) in [6, 6.07) is 3.91. The zero-order chi connectivity index (χ0) is 7.40. The Bertz CT molecular complexity index is 195. The molecule has 0 bridgehead atoms. The molecule has 1 aromatic heterocycles. The Labute approximate surface area is 77.1 Å². The zero-order valence-electron chi connectivity index (χ0n) is 5.44. The standard InChI is InChI=1S/C7H8Br2O/c8-5-1-2-6-3-4-7(9)10-6/h3-4H,1-2,5H2. The van der Waals surface area contributed by atoms with Gasteiger partial charge in [-0.1, -0.05) is 15.9 Å². The van der Waals surface area contributed by atoms with Crippen LogP contribution in [-0.2, 0) is 6.42 Å². The molecule has 0 saturated carbocycles. The van der Waals surface area contributed by atoms with Gasteiger partial charge in [-0.25, -0.2) is 0 Å². The topological polar surface area (TPSA) is 13.1 Å². The number of hydrogen-bond acceptors (Lipinski definition) is 1. The fourth-order valence-electron chi connectivity index (χ4n) is 0.727. The van der Waals surface area contributed by atoms with Crippen molar-refractivity contribution in [2.24, 2.45) is 0 Å². The van der Waals surface area contributed by atoms with E-state index in [1.165, 1.54) is 0 Å². The molecule has 1 rings (SSSR count). The average molecular weight is 268 g/mol. The second-order valence-corrected chi connectivity index (χ2v) is 3.57. The van der Waals surface area contributed by atoms with Crippen molar-refractivity contribution in [1.29, 1.82) is 0 Å². The van der Waals surface area contributed by atoms with Crippen molar-refractivity contribution in [2.45, 2.75) is 12.8 Å². The summed E-state index contributed by atoms with van der Waals surface area (Å²) in [5.74, 6) is 1.05. The fourth-order valence-corrected chi connectivity index (χ4v) is 1.35. The van der Waals surface area contributed by atoms with Gasteiger partial charge in [0.05, 0.1) is 0 Å². The van der Waals surface area contributed by atoms with E-state index in [1.54, 1.807) is 0 Å². The lowest BCUT2D eigenvalue weighted by Crippen LogP contribution is -1.80. The molecule has 0 spiro atoms. The molecule has 0 radical (unpaired) electrons. The van der Waals surface area contributed by atoms with Gasteiger partial charge in [-0.3, -0.25) is 0 Å². The summed E-state index contributed by atoms with van der Waals surface area (Å²) in [6.07, 6.45) is 2.14. The van der Waals surface area contributed by atoms with Crippen LogP contribution in [0.4, 0.5) is 0 Å². The van der Waals surface area contributed by atoms with Gasteiger partial charge in [0.15, 0.2) is 4.67 Å². The highest BCUT2D eigenvalue weighted by Crippen LogP contribution is 2.15. The molecule has 0 saturated heterocycles. The lowest BCUT2D eigenvalue weighted by atomic mass is 10.3. The van der Waals surface area contributed by atoms with Gasteiger partial charge in [-0.15, -0.1) is 0 Å². The molecule has 3 heteroatoms. The molecule has 0 amide bonds. The summed E-state index contributed by atoms with van der Waals surface area (Å²) in [5.41, 5.74) is 0. The molecule has 0 aliphatic carbocycles. The van der Waals surface area contributed by atoms with Gasteiger partial charge in [0, 0.05) is 11.8 Å². The summed E-state index contributed by atoms with van der Waals surface area (Å²) < 4.78 is 6.10. The molecule has 0 unspecified atom stereocenters. The van der Waals surface area contributed by atoms with Crippen molar-refractivity contribution in [3.05, 3.63) is 22.6 Å². The Morgan fingerprint density at radius 3 is 2.70 bits per heavy atom. The van der Waals surface area contributed by atoms with Crippen LogP contribution in [0.1, 0.15) is 12.2 Å². The Balaban J connectivity index is 2.42. The maximum atomic E-state index is 5.28. The van der Waals surface area contributed by atoms with Crippen LogP contribution in [0.2, 0.25) is 0 Å². The molecule has 0 aromatic carbocycles. The molecule has 1 aromatic rings. The second-order valence-electron chi connectivity index (χ2n) is 2.00. The number of hydrogen-bond donors (Lipinski definition) is 0. The van der Waals surface area contributed by atoms with Gasteiger partial charge < -0.3 is 4.42 Å². The van der Waals surface area contributed by atoms with Crippen molar-refractivity contribution in [3.63, 3.8) is 0 Å². The normalized spacial score (nSPS) is 10.2. The van der Waals surface area contributed by atoms with Gasteiger partial charge in [0.1, 0.15) is 5.76 Å². The van der Waals surface area contributed by atoms with Crippen LogP contribution < -0.4 is 0 Å². The Hall–Kier alpha value is 0.240. The molecule has 0 aliphatic rings. The third-order valence-corrected chi connectivity index (χ3v) is 2.17. The molecule has 56 valence electrons. The molecule has 0 fully saturated rings. The first kappa shape index (κ1) is 8.34. The fraction of sp³-hybridized carbons (Fsp3) is 0.429. The van der Waals surface area contributed by atoms with Gasteiger partial charge >= 0.3 is 0 Å². The highest BCUT2D eigenvalue weighted by atomic mass is 79.9. The van der Waals surface area contributed by atoms with Gasteiger partial charge in [-0.2, -0.15) is 0 Å². The maximum absolute atomic E-state index is 5.28. The molecule has 10 heavy (non-hydrogen) atoms. The van der Waals surface area contributed by atoms with Gasteiger partial charge in [0.2, 0.25) is 0 Å². The molecule has 0 atom stereocenters. The van der Waals surface area contributed by atoms with E-state index in [9.17, 15) is 0 Å². The van der Waals surface area contributed by atoms with Crippen LogP contribution >= 0.6 is 31.9 Å². The van der Waals surface area contributed by atoms with E-state index in [-0.39, 0.29) is 0 Å². The summed E-state index contributed by atoms with van der Waals surface area (Å²) in [7, 11) is 0. The predicted octanol–water partition coefficient (Wildman–Crippen LogP) is 3.37. The number of alkyl halides is 1. The van der Waals surface area contributed by atoms with E-state index >= 15 is 0 Å². The highest BCUT2D eigenvalue weighted by Gasteiger charge is 1.96. The van der Waals surface area contributed by atoms with Crippen molar-refractivity contribution >= 4 is 31.9 Å². The van der Waals surface area contributed by atoms with Crippen LogP contribution in [0, 0.1) is 0 Å². The SMILES string of the molecule is BrCCCc1ccc(Br)o1. The lowest BCUT2D eigenvalue weighted by Gasteiger charge is -1.90. The number of rotatable bonds is 3. The number of aryl methyl sites for hydroxylation is 1. The van der Waals surface area contributed by atoms with Crippen molar-refractivity contribution < 1.29 is 4.42 Å². The Morgan fingerprint density at radius 2 is 2.20 bits per heavy atom. The zero-order valence-corrected chi connectivity index (χ0v) is 8.61. The highest BCUT2D eigenvalue weighted by molar-refractivity contribution is 9.10. The van der Waals surface area contributed by atoms with Crippen LogP contribution in [0.3, 0.4) is 0 Å². The minimum atomic E-state index is 0.817. The number of halogens is 2. The first-order chi connectivity index (χ1) is 4.83. The summed E-state index contributed by atoms with van der Waals surface area (Å²) >= 11 is 6.61. The van der Waals surface area contributed by atoms with E-state index in [0.717, 1.165) is 28.6 Å². The van der Waals surface area contributed by atoms with Crippen LogP contribution in [0.15, 0.2) is 21.2 Å². The third kappa shape index (κ3) is 2.46. The summed E-state index contributed by atoms with van der Waals surface area (Å²) in [5, 5.41) is 1.03. The van der Waals surface area contributed by atoms with Crippen molar-refractivity contribution in [2.75, 3.05) is 5.33 Å². The third-order valence-electron chi connectivity index (χ3n) is 1.19. The van der Waals surface area contributed by atoms with E-state index in [1.807, 2.05) is 12.1 Å². The molecule has 0 N–H and O–H groups in total. The minimum Gasteiger partial charge on any atom is -0.454 e. The molecular formula is C7H8Br2O. The first-order valence-electron chi connectivity index (χ1n) is 3.13. The monoisotopic (exact) mass is 266 g/mol. The van der Waals surface area contributed by atoms with Crippen LogP contribution in [-0.4, -0.2) is 5.33 Å².